The van der Waals surface area contributed by atoms with E-state index in [4.69, 9.17) is 20.1 Å². The fraction of sp³-hybridized carbons (Fsp3) is 0.500. The minimum absolute atomic E-state index is 0.833. The van der Waals surface area contributed by atoms with Crippen LogP contribution in [0.15, 0.2) is 0 Å². The van der Waals surface area contributed by atoms with E-state index in [2.05, 4.69) is 4.52 Å². The van der Waals surface area contributed by atoms with Gasteiger partial charge in [-0.1, -0.05) is 0 Å². The third-order valence-electron chi connectivity index (χ3n) is 0.374. The molecule has 0 aromatic rings. The number of carbonyl (C=O) groups is 1. The molecule has 6 nitrogen and oxygen atoms in total. The Kier molecular flexibility index (Phi) is 6.80. The number of rotatable bonds is 1. The standard InChI is InChI=1S/C2H4NO3P.C2H4O2/c1-6-7(4,5)2-3;1-2(3)4/h1H3,(H,4,5);1H3,(H,3,4). The van der Waals surface area contributed by atoms with Crippen molar-refractivity contribution in [3.8, 4) is 5.81 Å². The summed E-state index contributed by atoms with van der Waals surface area (Å²) in [5.74, 6) is 0.247. The Balaban J connectivity index is 0. The van der Waals surface area contributed by atoms with Gasteiger partial charge >= 0.3 is 7.60 Å². The predicted molar refractivity (Wildman–Crippen MR) is 35.8 cm³/mol. The molecule has 0 aromatic carbocycles. The molecular weight excluding hydrogens is 173 g/mol. The summed E-state index contributed by atoms with van der Waals surface area (Å²) >= 11 is 0. The monoisotopic (exact) mass is 181 g/mol. The van der Waals surface area contributed by atoms with E-state index in [1.165, 1.54) is 0 Å². The maximum Gasteiger partial charge on any atom is 0.428 e. The van der Waals surface area contributed by atoms with Gasteiger partial charge in [-0.3, -0.25) is 4.79 Å². The average molecular weight is 181 g/mol. The second kappa shape index (κ2) is 5.86. The van der Waals surface area contributed by atoms with Crippen LogP contribution in [0.4, 0.5) is 0 Å². The molecule has 0 bridgehead atoms. The molecule has 0 radical (unpaired) electrons. The molecule has 1 unspecified atom stereocenters. The van der Waals surface area contributed by atoms with Crippen molar-refractivity contribution in [2.45, 2.75) is 6.92 Å². The first kappa shape index (κ1) is 12.8. The van der Waals surface area contributed by atoms with E-state index in [1.54, 1.807) is 0 Å². The summed E-state index contributed by atoms with van der Waals surface area (Å²) < 4.78 is 13.8. The molecule has 0 amide bonds. The highest BCUT2D eigenvalue weighted by atomic mass is 31.2. The molecule has 0 heterocycles. The van der Waals surface area contributed by atoms with Crippen LogP contribution in [0, 0.1) is 11.1 Å². The molecule has 0 fully saturated rings. The van der Waals surface area contributed by atoms with Crippen molar-refractivity contribution >= 4 is 13.6 Å². The molecule has 0 saturated heterocycles. The minimum Gasteiger partial charge on any atom is -0.481 e. The molecule has 0 aromatic heterocycles. The van der Waals surface area contributed by atoms with Crippen molar-refractivity contribution in [2.75, 3.05) is 7.11 Å². The van der Waals surface area contributed by atoms with E-state index in [0.29, 0.717) is 0 Å². The number of nitrogens with zero attached hydrogens (tertiary/aromatic N) is 1. The van der Waals surface area contributed by atoms with Gasteiger partial charge < -0.3 is 14.5 Å². The molecule has 0 aliphatic heterocycles. The summed E-state index contributed by atoms with van der Waals surface area (Å²) in [4.78, 5) is 17.1. The average Bonchev–Trinajstić information content (AvgIpc) is 1.87. The number of carboxylic acid groups (broad SMARTS) is 1. The molecule has 11 heavy (non-hydrogen) atoms. The van der Waals surface area contributed by atoms with Crippen LogP contribution in [0.2, 0.25) is 0 Å². The second-order valence-electron chi connectivity index (χ2n) is 1.32. The fourth-order valence-corrected chi connectivity index (χ4v) is 0.122. The van der Waals surface area contributed by atoms with E-state index < -0.39 is 13.6 Å². The van der Waals surface area contributed by atoms with E-state index >= 15 is 0 Å². The smallest absolute Gasteiger partial charge is 0.428 e. The lowest BCUT2D eigenvalue weighted by Gasteiger charge is -1.92. The lowest BCUT2D eigenvalue weighted by Crippen LogP contribution is -1.78. The van der Waals surface area contributed by atoms with Gasteiger partial charge in [0.15, 0.2) is 5.81 Å². The van der Waals surface area contributed by atoms with Crippen LogP contribution < -0.4 is 0 Å². The molecule has 0 spiro atoms. The lowest BCUT2D eigenvalue weighted by molar-refractivity contribution is -0.134. The van der Waals surface area contributed by atoms with Gasteiger partial charge in [0, 0.05) is 14.0 Å². The zero-order valence-corrected chi connectivity index (χ0v) is 6.91. The van der Waals surface area contributed by atoms with E-state index in [-0.39, 0.29) is 0 Å². The Morgan fingerprint density at radius 3 is 2.00 bits per heavy atom. The molecule has 0 rings (SSSR count). The van der Waals surface area contributed by atoms with Crippen molar-refractivity contribution in [1.29, 1.82) is 5.26 Å². The number of hydrogen-bond donors (Lipinski definition) is 2. The van der Waals surface area contributed by atoms with Gasteiger partial charge in [0.1, 0.15) is 0 Å². The zero-order chi connectivity index (χ0) is 9.49. The SMILES string of the molecule is CC(=O)O.COP(=O)(O)C#N. The number of hydrogen-bond acceptors (Lipinski definition) is 4. The molecule has 0 aliphatic carbocycles. The number of aliphatic carboxylic acids is 1. The third kappa shape index (κ3) is 17.6. The summed E-state index contributed by atoms with van der Waals surface area (Å²) in [6, 6.07) is 0. The molecule has 2 N–H and O–H groups in total. The quantitative estimate of drug-likeness (QED) is 0.566. The van der Waals surface area contributed by atoms with Gasteiger partial charge in [-0.15, -0.1) is 0 Å². The Hall–Kier alpha value is -0.890. The van der Waals surface area contributed by atoms with Crippen molar-refractivity contribution in [1.82, 2.24) is 0 Å². The maximum atomic E-state index is 9.92. The van der Waals surface area contributed by atoms with Gasteiger partial charge in [0.05, 0.1) is 0 Å². The molecule has 0 aliphatic rings. The van der Waals surface area contributed by atoms with Gasteiger partial charge in [0.2, 0.25) is 0 Å². The van der Waals surface area contributed by atoms with Crippen molar-refractivity contribution < 1.29 is 23.9 Å². The second-order valence-corrected chi connectivity index (χ2v) is 2.93. The van der Waals surface area contributed by atoms with Crippen molar-refractivity contribution in [2.24, 2.45) is 0 Å². The summed E-state index contributed by atoms with van der Waals surface area (Å²) in [5.41, 5.74) is 0. The maximum absolute atomic E-state index is 9.92. The highest BCUT2D eigenvalue weighted by molar-refractivity contribution is 7.58. The lowest BCUT2D eigenvalue weighted by atomic mass is 10.9. The Bertz CT molecular complexity index is 203. The largest absolute Gasteiger partial charge is 0.481 e. The summed E-state index contributed by atoms with van der Waals surface area (Å²) in [6.07, 6.45) is 0. The van der Waals surface area contributed by atoms with Crippen LogP contribution in [-0.2, 0) is 13.9 Å². The van der Waals surface area contributed by atoms with Crippen LogP contribution in [0.1, 0.15) is 6.92 Å². The minimum atomic E-state index is -3.85. The highest BCUT2D eigenvalue weighted by Gasteiger charge is 2.12. The van der Waals surface area contributed by atoms with E-state index in [9.17, 15) is 4.57 Å². The van der Waals surface area contributed by atoms with Crippen LogP contribution in [0.3, 0.4) is 0 Å². The van der Waals surface area contributed by atoms with Crippen molar-refractivity contribution in [3.05, 3.63) is 0 Å². The Labute approximate surface area is 63.6 Å². The van der Waals surface area contributed by atoms with Crippen LogP contribution in [0.25, 0.3) is 0 Å². The zero-order valence-electron chi connectivity index (χ0n) is 6.01. The first-order valence-electron chi connectivity index (χ1n) is 2.35. The van der Waals surface area contributed by atoms with Crippen molar-refractivity contribution in [3.63, 3.8) is 0 Å². The topological polar surface area (TPSA) is 108 Å². The van der Waals surface area contributed by atoms with Crippen LogP contribution >= 0.6 is 7.60 Å². The fourth-order valence-electron chi connectivity index (χ4n) is 0.0408. The van der Waals surface area contributed by atoms with Gasteiger partial charge in [0.25, 0.3) is 5.97 Å². The van der Waals surface area contributed by atoms with E-state index in [1.807, 2.05) is 0 Å². The summed E-state index contributed by atoms with van der Waals surface area (Å²) in [5, 5.41) is 15.1. The molecule has 0 saturated carbocycles. The summed E-state index contributed by atoms with van der Waals surface area (Å²) in [6.45, 7) is 1.08. The highest BCUT2D eigenvalue weighted by Crippen LogP contribution is 2.37. The first-order valence-corrected chi connectivity index (χ1v) is 3.93. The van der Waals surface area contributed by atoms with Gasteiger partial charge in [-0.25, -0.2) is 4.57 Å². The predicted octanol–water partition coefficient (Wildman–Crippen LogP) is 0.390. The Morgan fingerprint density at radius 1 is 1.73 bits per heavy atom. The number of nitriles is 1. The van der Waals surface area contributed by atoms with Gasteiger partial charge in [-0.2, -0.15) is 5.26 Å². The first-order chi connectivity index (χ1) is 4.85. The van der Waals surface area contributed by atoms with E-state index in [0.717, 1.165) is 19.8 Å². The molecule has 64 valence electrons. The normalized spacial score (nSPS) is 13.3. The van der Waals surface area contributed by atoms with Crippen LogP contribution in [-0.4, -0.2) is 23.1 Å². The number of carboxylic acids is 1. The molecular formula is C4H8NO5P. The summed E-state index contributed by atoms with van der Waals surface area (Å²) in [7, 11) is -2.84. The molecule has 7 heteroatoms. The Morgan fingerprint density at radius 2 is 2.00 bits per heavy atom. The third-order valence-corrected chi connectivity index (χ3v) is 1.12. The van der Waals surface area contributed by atoms with Gasteiger partial charge in [-0.05, 0) is 0 Å². The molecule has 1 atom stereocenters. The van der Waals surface area contributed by atoms with Crippen LogP contribution in [0.5, 0.6) is 0 Å².